The standard InChI is InChI=1S/C18H23N/c1-5-19-18(16-8-6-7-13(2)11-16)17-10-9-14(3)15(4)12-17/h6-12,18-19H,5H2,1-4H3. The van der Waals surface area contributed by atoms with E-state index in [2.05, 4.69) is 75.5 Å². The fourth-order valence-electron chi connectivity index (χ4n) is 2.43. The summed E-state index contributed by atoms with van der Waals surface area (Å²) < 4.78 is 0. The SMILES string of the molecule is CCNC(c1cccc(C)c1)c1ccc(C)c(C)c1. The van der Waals surface area contributed by atoms with E-state index < -0.39 is 0 Å². The van der Waals surface area contributed by atoms with Crippen LogP contribution >= 0.6 is 0 Å². The van der Waals surface area contributed by atoms with Crippen LogP contribution in [0.5, 0.6) is 0 Å². The highest BCUT2D eigenvalue weighted by Gasteiger charge is 2.13. The van der Waals surface area contributed by atoms with Crippen LogP contribution in [-0.2, 0) is 0 Å². The van der Waals surface area contributed by atoms with Crippen LogP contribution in [0.2, 0.25) is 0 Å². The zero-order valence-electron chi connectivity index (χ0n) is 12.3. The Balaban J connectivity index is 2.42. The van der Waals surface area contributed by atoms with Crippen molar-refractivity contribution in [1.82, 2.24) is 5.32 Å². The molecule has 0 saturated carbocycles. The molecule has 0 aliphatic heterocycles. The maximum absolute atomic E-state index is 3.59. The lowest BCUT2D eigenvalue weighted by Crippen LogP contribution is -2.22. The third-order valence-corrected chi connectivity index (χ3v) is 3.65. The number of benzene rings is 2. The van der Waals surface area contributed by atoms with Crippen LogP contribution in [0.25, 0.3) is 0 Å². The second-order valence-electron chi connectivity index (χ2n) is 5.25. The molecule has 0 saturated heterocycles. The van der Waals surface area contributed by atoms with Gasteiger partial charge in [-0.2, -0.15) is 0 Å². The Morgan fingerprint density at radius 3 is 2.26 bits per heavy atom. The first-order chi connectivity index (χ1) is 9.11. The van der Waals surface area contributed by atoms with E-state index in [0.717, 1.165) is 6.54 Å². The lowest BCUT2D eigenvalue weighted by molar-refractivity contribution is 0.630. The number of aryl methyl sites for hydroxylation is 3. The summed E-state index contributed by atoms with van der Waals surface area (Å²) >= 11 is 0. The second kappa shape index (κ2) is 6.03. The van der Waals surface area contributed by atoms with Crippen LogP contribution in [0.15, 0.2) is 42.5 Å². The predicted molar refractivity (Wildman–Crippen MR) is 82.6 cm³/mol. The average Bonchev–Trinajstić information content (AvgIpc) is 2.39. The molecule has 2 aromatic carbocycles. The lowest BCUT2D eigenvalue weighted by atomic mass is 9.95. The molecule has 0 bridgehead atoms. The van der Waals surface area contributed by atoms with Gasteiger partial charge in [0.15, 0.2) is 0 Å². The topological polar surface area (TPSA) is 12.0 Å². The first kappa shape index (κ1) is 13.8. The minimum atomic E-state index is 0.282. The Labute approximate surface area is 116 Å². The van der Waals surface area contributed by atoms with Crippen LogP contribution in [0.1, 0.15) is 40.8 Å². The molecule has 19 heavy (non-hydrogen) atoms. The Hall–Kier alpha value is -1.60. The summed E-state index contributed by atoms with van der Waals surface area (Å²) in [6.45, 7) is 9.61. The van der Waals surface area contributed by atoms with Crippen LogP contribution in [0, 0.1) is 20.8 Å². The molecule has 0 radical (unpaired) electrons. The number of nitrogens with one attached hydrogen (secondary N) is 1. The van der Waals surface area contributed by atoms with Crippen molar-refractivity contribution in [1.29, 1.82) is 0 Å². The smallest absolute Gasteiger partial charge is 0.0576 e. The molecule has 1 nitrogen and oxygen atoms in total. The van der Waals surface area contributed by atoms with E-state index in [1.54, 1.807) is 0 Å². The van der Waals surface area contributed by atoms with Crippen molar-refractivity contribution in [2.24, 2.45) is 0 Å². The first-order valence-corrected chi connectivity index (χ1v) is 6.99. The van der Waals surface area contributed by atoms with Gasteiger partial charge in [0.25, 0.3) is 0 Å². The summed E-state index contributed by atoms with van der Waals surface area (Å²) in [5.74, 6) is 0. The lowest BCUT2D eigenvalue weighted by Gasteiger charge is -2.20. The Morgan fingerprint density at radius 2 is 1.63 bits per heavy atom. The van der Waals surface area contributed by atoms with Crippen LogP contribution in [0.3, 0.4) is 0 Å². The van der Waals surface area contributed by atoms with Gasteiger partial charge in [-0.1, -0.05) is 55.0 Å². The molecule has 1 unspecified atom stereocenters. The Morgan fingerprint density at radius 1 is 0.895 bits per heavy atom. The summed E-state index contributed by atoms with van der Waals surface area (Å²) in [7, 11) is 0. The van der Waals surface area contributed by atoms with Crippen molar-refractivity contribution in [3.8, 4) is 0 Å². The summed E-state index contributed by atoms with van der Waals surface area (Å²) in [4.78, 5) is 0. The monoisotopic (exact) mass is 253 g/mol. The molecule has 100 valence electrons. The predicted octanol–water partition coefficient (Wildman–Crippen LogP) is 4.31. The highest BCUT2D eigenvalue weighted by Crippen LogP contribution is 2.24. The quantitative estimate of drug-likeness (QED) is 0.856. The largest absolute Gasteiger partial charge is 0.307 e. The van der Waals surface area contributed by atoms with Gasteiger partial charge in [0.2, 0.25) is 0 Å². The minimum absolute atomic E-state index is 0.282. The first-order valence-electron chi connectivity index (χ1n) is 6.99. The maximum atomic E-state index is 3.59. The van der Waals surface area contributed by atoms with Gasteiger partial charge in [0, 0.05) is 0 Å². The fraction of sp³-hybridized carbons (Fsp3) is 0.333. The third kappa shape index (κ3) is 3.24. The molecule has 2 rings (SSSR count). The van der Waals surface area contributed by atoms with Crippen molar-refractivity contribution in [3.05, 3.63) is 70.3 Å². The van der Waals surface area contributed by atoms with E-state index in [0.29, 0.717) is 0 Å². The molecule has 0 aliphatic carbocycles. The van der Waals surface area contributed by atoms with Crippen molar-refractivity contribution in [3.63, 3.8) is 0 Å². The van der Waals surface area contributed by atoms with Gasteiger partial charge < -0.3 is 5.32 Å². The van der Waals surface area contributed by atoms with Gasteiger partial charge in [-0.25, -0.2) is 0 Å². The molecule has 1 N–H and O–H groups in total. The Kier molecular flexibility index (Phi) is 4.39. The molecule has 2 aromatic rings. The van der Waals surface area contributed by atoms with Gasteiger partial charge in [-0.3, -0.25) is 0 Å². The van der Waals surface area contributed by atoms with Crippen molar-refractivity contribution < 1.29 is 0 Å². The number of hydrogen-bond acceptors (Lipinski definition) is 1. The summed E-state index contributed by atoms with van der Waals surface area (Å²) in [5, 5.41) is 3.59. The van der Waals surface area contributed by atoms with E-state index in [9.17, 15) is 0 Å². The molecule has 1 heteroatoms. The molecule has 0 spiro atoms. The molecule has 1 atom stereocenters. The fourth-order valence-corrected chi connectivity index (χ4v) is 2.43. The van der Waals surface area contributed by atoms with E-state index in [1.165, 1.54) is 27.8 Å². The van der Waals surface area contributed by atoms with Gasteiger partial charge in [-0.05, 0) is 49.6 Å². The molecular weight excluding hydrogens is 230 g/mol. The third-order valence-electron chi connectivity index (χ3n) is 3.65. The van der Waals surface area contributed by atoms with E-state index in [4.69, 9.17) is 0 Å². The average molecular weight is 253 g/mol. The summed E-state index contributed by atoms with van der Waals surface area (Å²) in [6.07, 6.45) is 0. The Bertz CT molecular complexity index is 557. The molecule has 0 aromatic heterocycles. The molecule has 0 heterocycles. The number of rotatable bonds is 4. The zero-order chi connectivity index (χ0) is 13.8. The molecule has 0 aliphatic rings. The highest BCUT2D eigenvalue weighted by atomic mass is 14.9. The number of hydrogen-bond donors (Lipinski definition) is 1. The molecular formula is C18H23N. The van der Waals surface area contributed by atoms with Crippen LogP contribution in [0.4, 0.5) is 0 Å². The van der Waals surface area contributed by atoms with Gasteiger partial charge in [-0.15, -0.1) is 0 Å². The van der Waals surface area contributed by atoms with Crippen molar-refractivity contribution in [2.45, 2.75) is 33.7 Å². The summed E-state index contributed by atoms with van der Waals surface area (Å²) in [6, 6.07) is 15.8. The molecule has 0 fully saturated rings. The van der Waals surface area contributed by atoms with Gasteiger partial charge in [0.05, 0.1) is 6.04 Å². The van der Waals surface area contributed by atoms with E-state index in [1.807, 2.05) is 0 Å². The second-order valence-corrected chi connectivity index (χ2v) is 5.25. The normalized spacial score (nSPS) is 12.4. The van der Waals surface area contributed by atoms with Crippen LogP contribution in [-0.4, -0.2) is 6.54 Å². The van der Waals surface area contributed by atoms with E-state index >= 15 is 0 Å². The van der Waals surface area contributed by atoms with Gasteiger partial charge in [0.1, 0.15) is 0 Å². The van der Waals surface area contributed by atoms with Gasteiger partial charge >= 0.3 is 0 Å². The maximum Gasteiger partial charge on any atom is 0.0576 e. The zero-order valence-corrected chi connectivity index (χ0v) is 12.3. The minimum Gasteiger partial charge on any atom is -0.307 e. The van der Waals surface area contributed by atoms with E-state index in [-0.39, 0.29) is 6.04 Å². The molecule has 0 amide bonds. The van der Waals surface area contributed by atoms with Crippen molar-refractivity contribution >= 4 is 0 Å². The van der Waals surface area contributed by atoms with Crippen molar-refractivity contribution in [2.75, 3.05) is 6.54 Å². The summed E-state index contributed by atoms with van der Waals surface area (Å²) in [5.41, 5.74) is 6.70. The van der Waals surface area contributed by atoms with Crippen LogP contribution < -0.4 is 5.32 Å². The highest BCUT2D eigenvalue weighted by molar-refractivity contribution is 5.38.